The molecule has 0 saturated heterocycles. The third-order valence-electron chi connectivity index (χ3n) is 3.81. The average Bonchev–Trinajstić information content (AvgIpc) is 2.78. The molecule has 0 bridgehead atoms. The maximum absolute atomic E-state index is 12.3. The Labute approximate surface area is 137 Å². The van der Waals surface area contributed by atoms with Gasteiger partial charge in [0.15, 0.2) is 0 Å². The van der Waals surface area contributed by atoms with Crippen LogP contribution in [0.2, 0.25) is 5.02 Å². The number of fused-ring (bicyclic) bond motifs is 1. The van der Waals surface area contributed by atoms with Crippen LogP contribution in [0.1, 0.15) is 42.2 Å². The van der Waals surface area contributed by atoms with Gasteiger partial charge in [0, 0.05) is 0 Å². The first-order valence-corrected chi connectivity index (χ1v) is 7.25. The van der Waals surface area contributed by atoms with Gasteiger partial charge < -0.3 is 4.84 Å². The Morgan fingerprint density at radius 1 is 1.00 bits per heavy atom. The minimum absolute atomic E-state index is 0.103. The molecule has 2 aromatic carbocycles. The Balaban J connectivity index is 1.89. The van der Waals surface area contributed by atoms with E-state index in [0.717, 1.165) is 11.1 Å². The van der Waals surface area contributed by atoms with E-state index in [0.29, 0.717) is 5.06 Å². The third kappa shape index (κ3) is 2.39. The molecular formula is C17H12ClNO4. The molecule has 5 nitrogen and oxygen atoms in total. The van der Waals surface area contributed by atoms with Crippen LogP contribution in [0.15, 0.2) is 36.4 Å². The summed E-state index contributed by atoms with van der Waals surface area (Å²) in [5, 5.41) is 0.713. The number of halogens is 1. The van der Waals surface area contributed by atoms with Crippen LogP contribution in [0.5, 0.6) is 0 Å². The Bertz CT molecular complexity index is 825. The molecular weight excluding hydrogens is 318 g/mol. The van der Waals surface area contributed by atoms with Gasteiger partial charge in [-0.1, -0.05) is 34.9 Å². The number of nitrogens with zero attached hydrogens (tertiary/aromatic N) is 1. The van der Waals surface area contributed by atoms with Gasteiger partial charge in [0.2, 0.25) is 0 Å². The average molecular weight is 330 g/mol. The summed E-state index contributed by atoms with van der Waals surface area (Å²) in [5.74, 6) is -2.19. The van der Waals surface area contributed by atoms with Crippen molar-refractivity contribution in [3.05, 3.63) is 69.2 Å². The molecule has 0 atom stereocenters. The van der Waals surface area contributed by atoms with Crippen molar-refractivity contribution >= 4 is 29.4 Å². The first kappa shape index (κ1) is 15.2. The second-order valence-corrected chi connectivity index (χ2v) is 5.58. The highest BCUT2D eigenvalue weighted by Crippen LogP contribution is 2.27. The van der Waals surface area contributed by atoms with Gasteiger partial charge >= 0.3 is 5.97 Å². The van der Waals surface area contributed by atoms with E-state index in [-0.39, 0.29) is 21.7 Å². The minimum atomic E-state index is -0.854. The summed E-state index contributed by atoms with van der Waals surface area (Å²) in [6.07, 6.45) is 0. The lowest BCUT2D eigenvalue weighted by Crippen LogP contribution is -2.32. The lowest BCUT2D eigenvalue weighted by molar-refractivity contribution is -0.0584. The molecule has 0 unspecified atom stereocenters. The number of hydroxylamine groups is 2. The molecule has 0 aromatic heterocycles. The maximum Gasteiger partial charge on any atom is 0.365 e. The third-order valence-corrected chi connectivity index (χ3v) is 4.30. The SMILES string of the molecule is Cc1ccc(C(=O)ON2C(=O)c3ccccc3C2=O)c(Cl)c1C. The highest BCUT2D eigenvalue weighted by Gasteiger charge is 2.39. The molecule has 0 saturated carbocycles. The summed E-state index contributed by atoms with van der Waals surface area (Å²) in [7, 11) is 0. The monoisotopic (exact) mass is 329 g/mol. The maximum atomic E-state index is 12.3. The normalized spacial score (nSPS) is 13.3. The first-order valence-electron chi connectivity index (χ1n) is 6.87. The van der Waals surface area contributed by atoms with Gasteiger partial charge in [-0.25, -0.2) is 4.79 Å². The Kier molecular flexibility index (Phi) is 3.66. The summed E-state index contributed by atoms with van der Waals surface area (Å²) in [4.78, 5) is 41.6. The van der Waals surface area contributed by atoms with Gasteiger partial charge in [-0.05, 0) is 43.2 Å². The number of hydrogen-bond acceptors (Lipinski definition) is 4. The minimum Gasteiger partial charge on any atom is -0.324 e. The molecule has 3 rings (SSSR count). The number of imide groups is 1. The van der Waals surface area contributed by atoms with E-state index in [2.05, 4.69) is 0 Å². The molecule has 23 heavy (non-hydrogen) atoms. The fourth-order valence-corrected chi connectivity index (χ4v) is 2.61. The van der Waals surface area contributed by atoms with Gasteiger partial charge in [-0.3, -0.25) is 9.59 Å². The molecule has 1 aliphatic rings. The lowest BCUT2D eigenvalue weighted by atomic mass is 10.1. The van der Waals surface area contributed by atoms with Gasteiger partial charge in [0.1, 0.15) is 0 Å². The molecule has 0 aliphatic carbocycles. The number of carbonyl (C=O) groups is 3. The number of rotatable bonds is 2. The number of benzene rings is 2. The van der Waals surface area contributed by atoms with Gasteiger partial charge in [-0.2, -0.15) is 0 Å². The van der Waals surface area contributed by atoms with Gasteiger partial charge in [-0.15, -0.1) is 0 Å². The van der Waals surface area contributed by atoms with Crippen molar-refractivity contribution in [2.45, 2.75) is 13.8 Å². The van der Waals surface area contributed by atoms with Crippen LogP contribution in [0, 0.1) is 13.8 Å². The summed E-state index contributed by atoms with van der Waals surface area (Å²) >= 11 is 6.15. The fourth-order valence-electron chi connectivity index (χ4n) is 2.32. The van der Waals surface area contributed by atoms with Crippen molar-refractivity contribution in [1.82, 2.24) is 5.06 Å². The Hall–Kier alpha value is -2.66. The number of hydrogen-bond donors (Lipinski definition) is 0. The van der Waals surface area contributed by atoms with Crippen molar-refractivity contribution in [3.63, 3.8) is 0 Å². The first-order chi connectivity index (χ1) is 10.9. The smallest absolute Gasteiger partial charge is 0.324 e. The second kappa shape index (κ2) is 5.52. The van der Waals surface area contributed by atoms with Crippen LogP contribution in [-0.4, -0.2) is 22.8 Å². The summed E-state index contributed by atoms with van der Waals surface area (Å²) in [6.45, 7) is 3.64. The largest absolute Gasteiger partial charge is 0.365 e. The van der Waals surface area contributed by atoms with Crippen LogP contribution in [0.3, 0.4) is 0 Å². The molecule has 6 heteroatoms. The molecule has 0 N–H and O–H groups in total. The summed E-state index contributed by atoms with van der Waals surface area (Å²) < 4.78 is 0. The van der Waals surface area contributed by atoms with Crippen LogP contribution in [0.25, 0.3) is 0 Å². The summed E-state index contributed by atoms with van der Waals surface area (Å²) in [5.41, 5.74) is 2.18. The molecule has 116 valence electrons. The van der Waals surface area contributed by atoms with Gasteiger partial charge in [0.25, 0.3) is 11.8 Å². The van der Waals surface area contributed by atoms with E-state index in [9.17, 15) is 14.4 Å². The summed E-state index contributed by atoms with van der Waals surface area (Å²) in [6, 6.07) is 9.51. The lowest BCUT2D eigenvalue weighted by Gasteiger charge is -2.14. The molecule has 0 radical (unpaired) electrons. The highest BCUT2D eigenvalue weighted by molar-refractivity contribution is 6.34. The molecule has 1 heterocycles. The standard InChI is InChI=1S/C17H12ClNO4/c1-9-7-8-13(14(18)10(9)2)17(22)23-19-15(20)11-5-3-4-6-12(11)16(19)21/h3-8H,1-2H3. The van der Waals surface area contributed by atoms with Crippen molar-refractivity contribution in [2.75, 3.05) is 0 Å². The molecule has 2 aromatic rings. The van der Waals surface area contributed by atoms with Crippen LogP contribution >= 0.6 is 11.6 Å². The zero-order valence-corrected chi connectivity index (χ0v) is 13.2. The predicted molar refractivity (Wildman–Crippen MR) is 83.3 cm³/mol. The number of aryl methyl sites for hydroxylation is 1. The molecule has 1 aliphatic heterocycles. The molecule has 2 amide bonds. The van der Waals surface area contributed by atoms with Crippen molar-refractivity contribution < 1.29 is 19.2 Å². The molecule has 0 spiro atoms. The molecule has 0 fully saturated rings. The highest BCUT2D eigenvalue weighted by atomic mass is 35.5. The van der Waals surface area contributed by atoms with E-state index in [1.54, 1.807) is 25.1 Å². The number of amides is 2. The quantitative estimate of drug-likeness (QED) is 0.793. The topological polar surface area (TPSA) is 63.7 Å². The fraction of sp³-hybridized carbons (Fsp3) is 0.118. The van der Waals surface area contributed by atoms with Crippen LogP contribution in [-0.2, 0) is 4.84 Å². The van der Waals surface area contributed by atoms with E-state index < -0.39 is 17.8 Å². The van der Waals surface area contributed by atoms with Crippen molar-refractivity contribution in [3.8, 4) is 0 Å². The van der Waals surface area contributed by atoms with Crippen LogP contribution < -0.4 is 0 Å². The zero-order chi connectivity index (χ0) is 16.7. The van der Waals surface area contributed by atoms with Crippen molar-refractivity contribution in [1.29, 1.82) is 0 Å². The van der Waals surface area contributed by atoms with E-state index in [1.165, 1.54) is 18.2 Å². The Morgan fingerprint density at radius 3 is 2.13 bits per heavy atom. The van der Waals surface area contributed by atoms with E-state index in [4.69, 9.17) is 16.4 Å². The van der Waals surface area contributed by atoms with Crippen LogP contribution in [0.4, 0.5) is 0 Å². The Morgan fingerprint density at radius 2 is 1.57 bits per heavy atom. The van der Waals surface area contributed by atoms with E-state index in [1.807, 2.05) is 6.92 Å². The van der Waals surface area contributed by atoms with E-state index >= 15 is 0 Å². The van der Waals surface area contributed by atoms with Gasteiger partial charge in [0.05, 0.1) is 21.7 Å². The van der Waals surface area contributed by atoms with Crippen molar-refractivity contribution in [2.24, 2.45) is 0 Å². The predicted octanol–water partition coefficient (Wildman–Crippen LogP) is 3.32. The zero-order valence-electron chi connectivity index (χ0n) is 12.4. The number of carbonyl (C=O) groups excluding carboxylic acids is 3. The second-order valence-electron chi connectivity index (χ2n) is 5.20.